The highest BCUT2D eigenvalue weighted by Crippen LogP contribution is 2.37. The van der Waals surface area contributed by atoms with Gasteiger partial charge in [0.1, 0.15) is 0 Å². The summed E-state index contributed by atoms with van der Waals surface area (Å²) >= 11 is 36.4. The summed E-state index contributed by atoms with van der Waals surface area (Å²) in [5, 5.41) is 13.9. The van der Waals surface area contributed by atoms with Crippen molar-refractivity contribution in [2.45, 2.75) is 32.4 Å². The molecule has 0 amide bonds. The third kappa shape index (κ3) is 7.46. The Balaban J connectivity index is 1.98. The number of hydrogen-bond acceptors (Lipinski definition) is 6. The summed E-state index contributed by atoms with van der Waals surface area (Å²) < 4.78 is 11.0. The zero-order chi connectivity index (χ0) is 28.4. The van der Waals surface area contributed by atoms with Crippen molar-refractivity contribution < 1.29 is 24.2 Å². The average molecular weight is 640 g/mol. The smallest absolute Gasteiger partial charge is 0.345 e. The first-order chi connectivity index (χ1) is 17.7. The molecule has 0 bridgehead atoms. The summed E-state index contributed by atoms with van der Waals surface area (Å²) in [5.41, 5.74) is -0.0112. The molecule has 0 saturated carbocycles. The van der Waals surface area contributed by atoms with Gasteiger partial charge in [-0.25, -0.2) is 9.59 Å². The Morgan fingerprint density at radius 3 is 1.71 bits per heavy atom. The van der Waals surface area contributed by atoms with E-state index in [4.69, 9.17) is 79.1 Å². The van der Waals surface area contributed by atoms with Crippen molar-refractivity contribution in [1.82, 2.24) is 5.32 Å². The molecule has 0 saturated heterocycles. The van der Waals surface area contributed by atoms with Crippen LogP contribution < -0.4 is 14.8 Å². The van der Waals surface area contributed by atoms with E-state index in [9.17, 15) is 14.7 Å². The summed E-state index contributed by atoms with van der Waals surface area (Å²) in [4.78, 5) is 25.9. The molecule has 202 valence electrons. The monoisotopic (exact) mass is 637 g/mol. The third-order valence-electron chi connectivity index (χ3n) is 5.09. The fourth-order valence-electron chi connectivity index (χ4n) is 3.09. The van der Waals surface area contributed by atoms with E-state index in [-0.39, 0.29) is 64.8 Å². The Morgan fingerprint density at radius 1 is 0.763 bits per heavy atom. The number of ether oxygens (including phenoxy) is 2. The van der Waals surface area contributed by atoms with Gasteiger partial charge in [0, 0.05) is 12.1 Å². The quantitative estimate of drug-likeness (QED) is 0.153. The number of carbonyl (C=O) groups is 2. The second kappa shape index (κ2) is 12.6. The van der Waals surface area contributed by atoms with Gasteiger partial charge in [-0.05, 0) is 62.7 Å². The van der Waals surface area contributed by atoms with E-state index in [0.29, 0.717) is 5.56 Å². The van der Waals surface area contributed by atoms with Gasteiger partial charge in [-0.15, -0.1) is 0 Å². The first-order valence-corrected chi connectivity index (χ1v) is 13.2. The molecule has 0 spiro atoms. The molecular formula is C26H21Cl6NO5. The van der Waals surface area contributed by atoms with E-state index in [1.807, 2.05) is 20.8 Å². The van der Waals surface area contributed by atoms with Crippen molar-refractivity contribution >= 4 is 81.5 Å². The molecule has 1 atom stereocenters. The van der Waals surface area contributed by atoms with Crippen LogP contribution in [0.25, 0.3) is 0 Å². The normalized spacial score (nSPS) is 12.3. The topological polar surface area (TPSA) is 84.9 Å². The molecule has 1 unspecified atom stereocenters. The van der Waals surface area contributed by atoms with Crippen molar-refractivity contribution in [3.63, 3.8) is 0 Å². The summed E-state index contributed by atoms with van der Waals surface area (Å²) in [6.07, 6.45) is -0.977. The minimum Gasteiger partial charge on any atom is -0.419 e. The molecule has 0 radical (unpaired) electrons. The van der Waals surface area contributed by atoms with E-state index >= 15 is 0 Å². The summed E-state index contributed by atoms with van der Waals surface area (Å²) in [6.45, 7) is 6.05. The van der Waals surface area contributed by atoms with Crippen molar-refractivity contribution in [2.24, 2.45) is 0 Å². The zero-order valence-electron chi connectivity index (χ0n) is 20.2. The van der Waals surface area contributed by atoms with Crippen LogP contribution in [0.1, 0.15) is 53.2 Å². The SMILES string of the molecule is CC(C)(C)NCC(O)c1ccc(OC(=O)c2ccc(Cl)c(Cl)c2Cl)c(OC(=O)c2ccc(Cl)c(Cl)c2Cl)c1. The lowest BCUT2D eigenvalue weighted by Crippen LogP contribution is -2.38. The molecule has 0 aromatic heterocycles. The number of aliphatic hydroxyl groups is 1. The fraction of sp³-hybridized carbons (Fsp3) is 0.231. The van der Waals surface area contributed by atoms with Crippen molar-refractivity contribution in [2.75, 3.05) is 6.54 Å². The number of rotatable bonds is 7. The van der Waals surface area contributed by atoms with Crippen LogP contribution in [-0.4, -0.2) is 29.1 Å². The van der Waals surface area contributed by atoms with Crippen molar-refractivity contribution in [1.29, 1.82) is 0 Å². The Labute approximate surface area is 249 Å². The number of aliphatic hydroxyl groups excluding tert-OH is 1. The average Bonchev–Trinajstić information content (AvgIpc) is 2.85. The lowest BCUT2D eigenvalue weighted by atomic mass is 10.1. The lowest BCUT2D eigenvalue weighted by Gasteiger charge is -2.23. The first kappa shape index (κ1) is 30.8. The number of halogens is 6. The van der Waals surface area contributed by atoms with Gasteiger partial charge in [0.15, 0.2) is 11.5 Å². The Morgan fingerprint density at radius 2 is 1.24 bits per heavy atom. The molecule has 6 nitrogen and oxygen atoms in total. The second-order valence-electron chi connectivity index (χ2n) is 9.08. The second-order valence-corrected chi connectivity index (χ2v) is 11.4. The maximum atomic E-state index is 13.0. The van der Waals surface area contributed by atoms with Crippen LogP contribution in [0.15, 0.2) is 42.5 Å². The molecule has 3 aromatic carbocycles. The zero-order valence-corrected chi connectivity index (χ0v) is 24.7. The molecule has 12 heteroatoms. The molecule has 0 heterocycles. The van der Waals surface area contributed by atoms with E-state index in [1.54, 1.807) is 0 Å². The van der Waals surface area contributed by atoms with Gasteiger partial charge >= 0.3 is 11.9 Å². The molecule has 0 aliphatic rings. The van der Waals surface area contributed by atoms with Gasteiger partial charge in [-0.3, -0.25) is 0 Å². The first-order valence-electron chi connectivity index (χ1n) is 11.0. The van der Waals surface area contributed by atoms with Gasteiger partial charge in [0.25, 0.3) is 0 Å². The van der Waals surface area contributed by atoms with Gasteiger partial charge in [-0.1, -0.05) is 75.7 Å². The maximum absolute atomic E-state index is 13.0. The van der Waals surface area contributed by atoms with Crippen LogP contribution in [0.3, 0.4) is 0 Å². The number of carbonyl (C=O) groups excluding carboxylic acids is 2. The molecule has 0 aliphatic heterocycles. The van der Waals surface area contributed by atoms with E-state index in [0.717, 1.165) is 0 Å². The van der Waals surface area contributed by atoms with Crippen LogP contribution in [0.4, 0.5) is 0 Å². The van der Waals surface area contributed by atoms with Gasteiger partial charge in [0.2, 0.25) is 0 Å². The molecule has 3 rings (SSSR count). The van der Waals surface area contributed by atoms with E-state index < -0.39 is 18.0 Å². The maximum Gasteiger partial charge on any atom is 0.345 e. The van der Waals surface area contributed by atoms with Gasteiger partial charge in [0.05, 0.1) is 47.4 Å². The summed E-state index contributed by atoms with van der Waals surface area (Å²) in [7, 11) is 0. The fourth-order valence-corrected chi connectivity index (χ4v) is 4.32. The molecule has 0 fully saturated rings. The lowest BCUT2D eigenvalue weighted by molar-refractivity contribution is 0.0681. The molecule has 0 aliphatic carbocycles. The van der Waals surface area contributed by atoms with Crippen LogP contribution in [-0.2, 0) is 0 Å². The highest BCUT2D eigenvalue weighted by Gasteiger charge is 2.24. The Hall–Kier alpha value is -1.74. The molecule has 38 heavy (non-hydrogen) atoms. The Kier molecular flexibility index (Phi) is 10.2. The van der Waals surface area contributed by atoms with Crippen LogP contribution in [0, 0.1) is 0 Å². The summed E-state index contributed by atoms with van der Waals surface area (Å²) in [6, 6.07) is 9.73. The van der Waals surface area contributed by atoms with E-state index in [2.05, 4.69) is 5.32 Å². The van der Waals surface area contributed by atoms with Crippen LogP contribution >= 0.6 is 69.6 Å². The highest BCUT2D eigenvalue weighted by atomic mass is 35.5. The number of benzene rings is 3. The number of β-amino-alcohol motifs (C(OH)–C–C–N with tert-alkyl or cyclic N) is 1. The highest BCUT2D eigenvalue weighted by molar-refractivity contribution is 6.49. The molecule has 3 aromatic rings. The number of esters is 2. The number of hydrogen-bond donors (Lipinski definition) is 2. The Bertz CT molecular complexity index is 1390. The predicted octanol–water partition coefficient (Wildman–Crippen LogP) is 8.47. The van der Waals surface area contributed by atoms with E-state index in [1.165, 1.54) is 42.5 Å². The molecular weight excluding hydrogens is 619 g/mol. The third-order valence-corrected chi connectivity index (χ3v) is 7.68. The minimum atomic E-state index is -0.977. The minimum absolute atomic E-state index is 0.0199. The standard InChI is InChI=1S/C26H21Cl6NO5/c1-26(2,3)33-11-17(34)12-4-9-18(37-24(35)13-5-7-15(27)22(31)20(13)29)19(10-12)38-25(36)14-6-8-16(28)23(32)21(14)30/h4-10,17,33-34H,11H2,1-3H3. The molecule has 2 N–H and O–H groups in total. The van der Waals surface area contributed by atoms with Crippen molar-refractivity contribution in [3.8, 4) is 11.5 Å². The summed E-state index contributed by atoms with van der Waals surface area (Å²) in [5.74, 6) is -2.10. The van der Waals surface area contributed by atoms with Gasteiger partial charge < -0.3 is 19.9 Å². The predicted molar refractivity (Wildman–Crippen MR) is 152 cm³/mol. The van der Waals surface area contributed by atoms with Gasteiger partial charge in [-0.2, -0.15) is 0 Å². The van der Waals surface area contributed by atoms with Crippen molar-refractivity contribution in [3.05, 3.63) is 89.3 Å². The van der Waals surface area contributed by atoms with Crippen LogP contribution in [0.2, 0.25) is 30.1 Å². The largest absolute Gasteiger partial charge is 0.419 e. The van der Waals surface area contributed by atoms with Crippen LogP contribution in [0.5, 0.6) is 11.5 Å². The number of nitrogens with one attached hydrogen (secondary N) is 1.